The predicted molar refractivity (Wildman–Crippen MR) is 182 cm³/mol. The topological polar surface area (TPSA) is 120 Å². The first-order valence-corrected chi connectivity index (χ1v) is 16.2. The van der Waals surface area contributed by atoms with Gasteiger partial charge in [-0.05, 0) is 86.1 Å². The van der Waals surface area contributed by atoms with Crippen LogP contribution in [0.25, 0.3) is 33.5 Å². The van der Waals surface area contributed by atoms with Crippen molar-refractivity contribution in [1.82, 2.24) is 30.0 Å². The summed E-state index contributed by atoms with van der Waals surface area (Å²) in [5.41, 5.74) is 3.83. The van der Waals surface area contributed by atoms with Gasteiger partial charge in [-0.3, -0.25) is 19.6 Å². The number of fused-ring (bicyclic) bond motifs is 1. The maximum atomic E-state index is 13.8. The van der Waals surface area contributed by atoms with Crippen molar-refractivity contribution in [3.8, 4) is 22.6 Å². The molecule has 12 heteroatoms. The first-order valence-electron chi connectivity index (χ1n) is 16.2. The molecule has 7 rings (SSSR count). The lowest BCUT2D eigenvalue weighted by atomic mass is 10.0. The van der Waals surface area contributed by atoms with E-state index in [0.717, 1.165) is 40.8 Å². The number of halogens is 1. The van der Waals surface area contributed by atoms with E-state index in [4.69, 9.17) is 4.74 Å². The van der Waals surface area contributed by atoms with E-state index in [1.165, 1.54) is 12.1 Å². The van der Waals surface area contributed by atoms with Gasteiger partial charge in [-0.1, -0.05) is 0 Å². The van der Waals surface area contributed by atoms with Gasteiger partial charge in [0.1, 0.15) is 5.82 Å². The number of nitrogens with zero attached hydrogens (tertiary/aromatic N) is 6. The Balaban J connectivity index is 0.953. The SMILES string of the molecule is CCOC1(C(=O)Nc2ccc3[nH]nc(-c4ccc(F)cc4)c3c2)CCN(CC(=O)N2CCN(c3ccc(-c4ncccn4)cc3)CC2)C1. The molecule has 4 heterocycles. The van der Waals surface area contributed by atoms with Crippen LogP contribution >= 0.6 is 0 Å². The molecule has 2 fully saturated rings. The maximum Gasteiger partial charge on any atom is 0.258 e. The largest absolute Gasteiger partial charge is 0.368 e. The van der Waals surface area contributed by atoms with E-state index in [9.17, 15) is 14.0 Å². The number of likely N-dealkylation sites (tertiary alicyclic amines) is 1. The standard InChI is InChI=1S/C36H37FN8O3/c1-2-48-36(35(47)40-28-10-13-31-30(22-28)33(42-41-31)25-4-8-27(37)9-5-25)14-17-43(24-36)23-32(46)45-20-18-44(19-21-45)29-11-6-26(7-12-29)34-38-15-3-16-39-34/h3-13,15-16,22H,2,14,17-21,23-24H2,1H3,(H,40,47)(H,41,42). The molecule has 0 radical (unpaired) electrons. The number of rotatable bonds is 9. The van der Waals surface area contributed by atoms with Gasteiger partial charge in [0.05, 0.1) is 17.8 Å². The normalized spacial score (nSPS) is 18.4. The average molecular weight is 649 g/mol. The molecule has 11 nitrogen and oxygen atoms in total. The number of aromatic amines is 1. The van der Waals surface area contributed by atoms with Gasteiger partial charge in [0, 0.05) is 86.2 Å². The molecule has 48 heavy (non-hydrogen) atoms. The van der Waals surface area contributed by atoms with Crippen LogP contribution in [0.5, 0.6) is 0 Å². The Bertz CT molecular complexity index is 1890. The second kappa shape index (κ2) is 13.5. The molecule has 2 aliphatic heterocycles. The summed E-state index contributed by atoms with van der Waals surface area (Å²) in [6.45, 7) is 6.11. The molecule has 0 spiro atoms. The van der Waals surface area contributed by atoms with Crippen molar-refractivity contribution in [3.63, 3.8) is 0 Å². The van der Waals surface area contributed by atoms with Gasteiger partial charge in [0.2, 0.25) is 5.91 Å². The molecule has 5 aromatic rings. The fourth-order valence-corrected chi connectivity index (χ4v) is 6.58. The fraction of sp³-hybridized carbons (Fsp3) is 0.306. The molecule has 2 N–H and O–H groups in total. The van der Waals surface area contributed by atoms with Crippen molar-refractivity contribution in [2.75, 3.05) is 62.6 Å². The number of hydrogen-bond acceptors (Lipinski definition) is 8. The van der Waals surface area contributed by atoms with Crippen LogP contribution in [0, 0.1) is 5.82 Å². The van der Waals surface area contributed by atoms with Gasteiger partial charge in [-0.25, -0.2) is 14.4 Å². The lowest BCUT2D eigenvalue weighted by Crippen LogP contribution is -2.52. The number of anilines is 2. The predicted octanol–water partition coefficient (Wildman–Crippen LogP) is 4.59. The Morgan fingerprint density at radius 2 is 1.67 bits per heavy atom. The van der Waals surface area contributed by atoms with Crippen molar-refractivity contribution < 1.29 is 18.7 Å². The van der Waals surface area contributed by atoms with Crippen molar-refractivity contribution in [2.24, 2.45) is 0 Å². The summed E-state index contributed by atoms with van der Waals surface area (Å²) in [5, 5.41) is 11.3. The van der Waals surface area contributed by atoms with E-state index >= 15 is 0 Å². The van der Waals surface area contributed by atoms with Crippen LogP contribution in [-0.2, 0) is 14.3 Å². The van der Waals surface area contributed by atoms with E-state index in [1.807, 2.05) is 47.1 Å². The molecule has 1 unspecified atom stereocenters. The number of nitrogens with one attached hydrogen (secondary N) is 2. The van der Waals surface area contributed by atoms with Crippen LogP contribution in [0.4, 0.5) is 15.8 Å². The summed E-state index contributed by atoms with van der Waals surface area (Å²) in [5.74, 6) is 0.182. The first-order chi connectivity index (χ1) is 23.4. The number of piperazine rings is 1. The third kappa shape index (κ3) is 6.49. The van der Waals surface area contributed by atoms with Gasteiger partial charge in [0.15, 0.2) is 11.4 Å². The van der Waals surface area contributed by atoms with E-state index < -0.39 is 5.60 Å². The summed E-state index contributed by atoms with van der Waals surface area (Å²) in [6.07, 6.45) is 3.95. The van der Waals surface area contributed by atoms with Gasteiger partial charge < -0.3 is 19.9 Å². The van der Waals surface area contributed by atoms with E-state index in [1.54, 1.807) is 30.6 Å². The maximum absolute atomic E-state index is 13.8. The summed E-state index contributed by atoms with van der Waals surface area (Å²) in [4.78, 5) is 42.0. The second-order valence-electron chi connectivity index (χ2n) is 12.2. The van der Waals surface area contributed by atoms with Crippen LogP contribution in [0.15, 0.2) is 85.2 Å². The minimum Gasteiger partial charge on any atom is -0.368 e. The van der Waals surface area contributed by atoms with Crippen molar-refractivity contribution >= 4 is 34.1 Å². The molecule has 2 amide bonds. The van der Waals surface area contributed by atoms with Crippen molar-refractivity contribution in [1.29, 1.82) is 0 Å². The van der Waals surface area contributed by atoms with Crippen LogP contribution in [0.2, 0.25) is 0 Å². The van der Waals surface area contributed by atoms with E-state index in [2.05, 4.69) is 42.5 Å². The highest BCUT2D eigenvalue weighted by molar-refractivity contribution is 6.01. The number of H-pyrrole nitrogens is 1. The smallest absolute Gasteiger partial charge is 0.258 e. The lowest BCUT2D eigenvalue weighted by Gasteiger charge is -2.37. The van der Waals surface area contributed by atoms with Crippen LogP contribution in [0.3, 0.4) is 0 Å². The summed E-state index contributed by atoms with van der Waals surface area (Å²) < 4.78 is 19.6. The third-order valence-electron chi connectivity index (χ3n) is 9.13. The summed E-state index contributed by atoms with van der Waals surface area (Å²) in [6, 6.07) is 21.7. The quantitative estimate of drug-likeness (QED) is 0.238. The fourth-order valence-electron chi connectivity index (χ4n) is 6.58. The van der Waals surface area contributed by atoms with Crippen LogP contribution < -0.4 is 10.2 Å². The number of aromatic nitrogens is 4. The molecule has 0 aliphatic carbocycles. The Morgan fingerprint density at radius 3 is 2.40 bits per heavy atom. The number of carbonyl (C=O) groups is 2. The molecule has 2 aliphatic rings. The Labute approximate surface area is 277 Å². The third-order valence-corrected chi connectivity index (χ3v) is 9.13. The minimum atomic E-state index is -1.07. The molecule has 0 saturated carbocycles. The van der Waals surface area contributed by atoms with Gasteiger partial charge in [-0.2, -0.15) is 5.10 Å². The number of amides is 2. The molecule has 3 aromatic carbocycles. The average Bonchev–Trinajstić information content (AvgIpc) is 3.74. The van der Waals surface area contributed by atoms with Gasteiger partial charge in [-0.15, -0.1) is 0 Å². The Hall–Kier alpha value is -5.20. The highest BCUT2D eigenvalue weighted by atomic mass is 19.1. The summed E-state index contributed by atoms with van der Waals surface area (Å²) >= 11 is 0. The number of carbonyl (C=O) groups excluding carboxylic acids is 2. The zero-order chi connectivity index (χ0) is 33.1. The zero-order valence-corrected chi connectivity index (χ0v) is 26.7. The molecular formula is C36H37FN8O3. The highest BCUT2D eigenvalue weighted by Crippen LogP contribution is 2.31. The molecule has 2 aromatic heterocycles. The van der Waals surface area contributed by atoms with Gasteiger partial charge >= 0.3 is 0 Å². The number of ether oxygens (including phenoxy) is 1. The summed E-state index contributed by atoms with van der Waals surface area (Å²) in [7, 11) is 0. The minimum absolute atomic E-state index is 0.0534. The number of hydrogen-bond donors (Lipinski definition) is 2. The Kier molecular flexibility index (Phi) is 8.83. The molecular weight excluding hydrogens is 611 g/mol. The van der Waals surface area contributed by atoms with Crippen molar-refractivity contribution in [2.45, 2.75) is 18.9 Å². The molecule has 0 bridgehead atoms. The highest BCUT2D eigenvalue weighted by Gasteiger charge is 2.46. The number of benzene rings is 3. The molecule has 1 atom stereocenters. The Morgan fingerprint density at radius 1 is 0.938 bits per heavy atom. The first kappa shape index (κ1) is 31.4. The molecule has 246 valence electrons. The lowest BCUT2D eigenvalue weighted by molar-refractivity contribution is -0.140. The monoisotopic (exact) mass is 648 g/mol. The van der Waals surface area contributed by atoms with Gasteiger partial charge in [0.25, 0.3) is 5.91 Å². The zero-order valence-electron chi connectivity index (χ0n) is 26.7. The van der Waals surface area contributed by atoms with Crippen molar-refractivity contribution in [3.05, 3.63) is 91.0 Å². The molecule has 2 saturated heterocycles. The van der Waals surface area contributed by atoms with E-state index in [-0.39, 0.29) is 24.2 Å². The second-order valence-corrected chi connectivity index (χ2v) is 12.2. The van der Waals surface area contributed by atoms with Crippen LogP contribution in [-0.4, -0.2) is 99.8 Å². The van der Waals surface area contributed by atoms with E-state index in [0.29, 0.717) is 56.4 Å². The van der Waals surface area contributed by atoms with Crippen LogP contribution in [0.1, 0.15) is 13.3 Å².